The molecule has 0 aliphatic heterocycles. The van der Waals surface area contributed by atoms with Crippen LogP contribution in [0.1, 0.15) is 35.2 Å². The van der Waals surface area contributed by atoms with Crippen LogP contribution in [0.3, 0.4) is 0 Å². The van der Waals surface area contributed by atoms with Crippen molar-refractivity contribution in [3.63, 3.8) is 0 Å². The number of benzene rings is 1. The van der Waals surface area contributed by atoms with Gasteiger partial charge in [0, 0.05) is 10.6 Å². The number of hydrogen-bond acceptors (Lipinski definition) is 3. The van der Waals surface area contributed by atoms with Crippen LogP contribution in [-0.4, -0.2) is 19.1 Å². The van der Waals surface area contributed by atoms with E-state index in [0.29, 0.717) is 29.0 Å². The second-order valence-corrected chi connectivity index (χ2v) is 5.78. The molecule has 2 unspecified atom stereocenters. The molecule has 1 aliphatic carbocycles. The zero-order chi connectivity index (χ0) is 14.5. The Labute approximate surface area is 124 Å². The molecule has 1 aliphatic rings. The van der Waals surface area contributed by atoms with E-state index in [-0.39, 0.29) is 0 Å². The average molecular weight is 297 g/mol. The number of amides is 1. The summed E-state index contributed by atoms with van der Waals surface area (Å²) in [5, 5.41) is 0.517. The molecule has 4 N–H and O–H groups in total. The SMILES string of the molecule is NCC1CCCC1COCc1ccc(C(N)=O)cc1Cl. The Balaban J connectivity index is 1.86. The van der Waals surface area contributed by atoms with Gasteiger partial charge in [0.05, 0.1) is 13.2 Å². The van der Waals surface area contributed by atoms with Gasteiger partial charge in [-0.05, 0) is 48.9 Å². The molecule has 2 atom stereocenters. The fourth-order valence-corrected chi connectivity index (χ4v) is 3.02. The van der Waals surface area contributed by atoms with Crippen molar-refractivity contribution < 1.29 is 9.53 Å². The third-order valence-corrected chi connectivity index (χ3v) is 4.40. The third-order valence-electron chi connectivity index (χ3n) is 4.05. The predicted molar refractivity (Wildman–Crippen MR) is 79.5 cm³/mol. The Kier molecular flexibility index (Phi) is 5.40. The largest absolute Gasteiger partial charge is 0.376 e. The van der Waals surface area contributed by atoms with Crippen LogP contribution in [0.2, 0.25) is 5.02 Å². The molecule has 4 nitrogen and oxygen atoms in total. The monoisotopic (exact) mass is 296 g/mol. The maximum atomic E-state index is 11.0. The van der Waals surface area contributed by atoms with Crippen molar-refractivity contribution in [3.05, 3.63) is 34.3 Å². The van der Waals surface area contributed by atoms with E-state index < -0.39 is 5.91 Å². The van der Waals surface area contributed by atoms with Crippen molar-refractivity contribution in [2.45, 2.75) is 25.9 Å². The van der Waals surface area contributed by atoms with Crippen LogP contribution in [0, 0.1) is 11.8 Å². The molecule has 110 valence electrons. The molecule has 0 heterocycles. The summed E-state index contributed by atoms with van der Waals surface area (Å²) < 4.78 is 5.76. The summed E-state index contributed by atoms with van der Waals surface area (Å²) in [5.41, 5.74) is 12.2. The quantitative estimate of drug-likeness (QED) is 0.845. The maximum Gasteiger partial charge on any atom is 0.248 e. The summed E-state index contributed by atoms with van der Waals surface area (Å²) >= 11 is 6.12. The lowest BCUT2D eigenvalue weighted by Crippen LogP contribution is -2.22. The molecule has 0 radical (unpaired) electrons. The van der Waals surface area contributed by atoms with E-state index in [9.17, 15) is 4.79 Å². The lowest BCUT2D eigenvalue weighted by atomic mass is 9.97. The molecule has 0 saturated heterocycles. The summed E-state index contributed by atoms with van der Waals surface area (Å²) in [5.74, 6) is 0.669. The van der Waals surface area contributed by atoms with Gasteiger partial charge < -0.3 is 16.2 Å². The lowest BCUT2D eigenvalue weighted by molar-refractivity contribution is 0.0754. The van der Waals surface area contributed by atoms with Crippen LogP contribution < -0.4 is 11.5 Å². The minimum atomic E-state index is -0.476. The first-order valence-electron chi connectivity index (χ1n) is 6.98. The van der Waals surface area contributed by atoms with Gasteiger partial charge in [-0.15, -0.1) is 0 Å². The van der Waals surface area contributed by atoms with Crippen molar-refractivity contribution in [1.82, 2.24) is 0 Å². The predicted octanol–water partition coefficient (Wildman–Crippen LogP) is 2.33. The summed E-state index contributed by atoms with van der Waals surface area (Å²) in [6.07, 6.45) is 3.64. The van der Waals surface area contributed by atoms with Crippen molar-refractivity contribution in [2.75, 3.05) is 13.2 Å². The fraction of sp³-hybridized carbons (Fsp3) is 0.533. The molecule has 2 rings (SSSR count). The first-order valence-corrected chi connectivity index (χ1v) is 7.35. The number of rotatable bonds is 6. The van der Waals surface area contributed by atoms with Crippen LogP contribution in [0.15, 0.2) is 18.2 Å². The van der Waals surface area contributed by atoms with Gasteiger partial charge in [0.15, 0.2) is 0 Å². The highest BCUT2D eigenvalue weighted by molar-refractivity contribution is 6.31. The fourth-order valence-electron chi connectivity index (χ4n) is 2.78. The summed E-state index contributed by atoms with van der Waals surface area (Å²) in [6, 6.07) is 5.05. The van der Waals surface area contributed by atoms with Crippen molar-refractivity contribution in [3.8, 4) is 0 Å². The average Bonchev–Trinajstić information content (AvgIpc) is 2.87. The topological polar surface area (TPSA) is 78.3 Å². The van der Waals surface area contributed by atoms with Crippen molar-refractivity contribution >= 4 is 17.5 Å². The summed E-state index contributed by atoms with van der Waals surface area (Å²) in [6.45, 7) is 1.91. The number of nitrogens with two attached hydrogens (primary N) is 2. The molecule has 0 bridgehead atoms. The number of ether oxygens (including phenoxy) is 1. The van der Waals surface area contributed by atoms with Gasteiger partial charge in [0.2, 0.25) is 5.91 Å². The second-order valence-electron chi connectivity index (χ2n) is 5.37. The van der Waals surface area contributed by atoms with Crippen LogP contribution in [-0.2, 0) is 11.3 Å². The highest BCUT2D eigenvalue weighted by atomic mass is 35.5. The molecule has 1 saturated carbocycles. The normalized spacial score (nSPS) is 22.1. The summed E-state index contributed by atoms with van der Waals surface area (Å²) in [4.78, 5) is 11.0. The van der Waals surface area contributed by atoms with Gasteiger partial charge in [0.25, 0.3) is 0 Å². The van der Waals surface area contributed by atoms with Gasteiger partial charge in [0.1, 0.15) is 0 Å². The van der Waals surface area contributed by atoms with Gasteiger partial charge in [-0.1, -0.05) is 24.1 Å². The standard InChI is InChI=1S/C15H21ClN2O2/c16-14-6-10(15(18)19)4-5-13(14)9-20-8-12-3-1-2-11(12)7-17/h4-6,11-12H,1-3,7-9,17H2,(H2,18,19). The van der Waals surface area contributed by atoms with Gasteiger partial charge in [-0.2, -0.15) is 0 Å². The molecule has 1 aromatic carbocycles. The van der Waals surface area contributed by atoms with Crippen LogP contribution in [0.5, 0.6) is 0 Å². The van der Waals surface area contributed by atoms with E-state index in [1.807, 2.05) is 0 Å². The van der Waals surface area contributed by atoms with Gasteiger partial charge in [-0.3, -0.25) is 4.79 Å². The molecule has 0 spiro atoms. The molecule has 1 aromatic rings. The van der Waals surface area contributed by atoms with E-state index in [4.69, 9.17) is 27.8 Å². The lowest BCUT2D eigenvalue weighted by Gasteiger charge is -2.18. The van der Waals surface area contributed by atoms with E-state index in [2.05, 4.69) is 0 Å². The Morgan fingerprint density at radius 2 is 2.10 bits per heavy atom. The van der Waals surface area contributed by atoms with Gasteiger partial charge in [-0.25, -0.2) is 0 Å². The van der Waals surface area contributed by atoms with E-state index in [0.717, 1.165) is 18.7 Å². The highest BCUT2D eigenvalue weighted by Crippen LogP contribution is 2.31. The smallest absolute Gasteiger partial charge is 0.248 e. The molecule has 5 heteroatoms. The molecule has 1 amide bonds. The first kappa shape index (κ1) is 15.3. The van der Waals surface area contributed by atoms with E-state index in [1.54, 1.807) is 18.2 Å². The number of carbonyl (C=O) groups is 1. The zero-order valence-electron chi connectivity index (χ0n) is 11.5. The first-order chi connectivity index (χ1) is 9.61. The molecule has 1 fully saturated rings. The number of hydrogen-bond donors (Lipinski definition) is 2. The van der Waals surface area contributed by atoms with Crippen LogP contribution >= 0.6 is 11.6 Å². The Hall–Kier alpha value is -1.10. The minimum absolute atomic E-state index is 0.415. The van der Waals surface area contributed by atoms with Crippen LogP contribution in [0.4, 0.5) is 0 Å². The Morgan fingerprint density at radius 3 is 2.75 bits per heavy atom. The van der Waals surface area contributed by atoms with Gasteiger partial charge >= 0.3 is 0 Å². The number of carbonyl (C=O) groups excluding carboxylic acids is 1. The zero-order valence-corrected chi connectivity index (χ0v) is 12.2. The second kappa shape index (κ2) is 7.07. The molecular formula is C15H21ClN2O2. The van der Waals surface area contributed by atoms with E-state index in [1.165, 1.54) is 19.3 Å². The minimum Gasteiger partial charge on any atom is -0.376 e. The number of primary amides is 1. The molecule has 0 aromatic heterocycles. The molecule has 20 heavy (non-hydrogen) atoms. The molecular weight excluding hydrogens is 276 g/mol. The Bertz CT molecular complexity index is 479. The Morgan fingerprint density at radius 1 is 1.35 bits per heavy atom. The van der Waals surface area contributed by atoms with Crippen molar-refractivity contribution in [1.29, 1.82) is 0 Å². The number of halogens is 1. The summed E-state index contributed by atoms with van der Waals surface area (Å²) in [7, 11) is 0. The van der Waals surface area contributed by atoms with Crippen LogP contribution in [0.25, 0.3) is 0 Å². The van der Waals surface area contributed by atoms with E-state index >= 15 is 0 Å². The third kappa shape index (κ3) is 3.72. The highest BCUT2D eigenvalue weighted by Gasteiger charge is 2.25. The van der Waals surface area contributed by atoms with Crippen molar-refractivity contribution in [2.24, 2.45) is 23.3 Å². The maximum absolute atomic E-state index is 11.0.